The van der Waals surface area contributed by atoms with Gasteiger partial charge in [-0.2, -0.15) is 0 Å². The minimum atomic E-state index is -0.291. The fourth-order valence-electron chi connectivity index (χ4n) is 3.07. The van der Waals surface area contributed by atoms with Crippen molar-refractivity contribution in [2.75, 3.05) is 11.6 Å². The lowest BCUT2D eigenvalue weighted by Gasteiger charge is -2.20. The number of hydrogen-bond acceptors (Lipinski definition) is 4. The number of carbonyl (C=O) groups is 1. The molecule has 1 amide bonds. The molecule has 3 rings (SSSR count). The van der Waals surface area contributed by atoms with Gasteiger partial charge in [-0.1, -0.05) is 54.6 Å². The summed E-state index contributed by atoms with van der Waals surface area (Å²) in [7, 11) is 0. The van der Waals surface area contributed by atoms with Gasteiger partial charge in [-0.15, -0.1) is 11.8 Å². The summed E-state index contributed by atoms with van der Waals surface area (Å²) in [4.78, 5) is 12.9. The van der Waals surface area contributed by atoms with E-state index in [2.05, 4.69) is 10.6 Å². The average Bonchev–Trinajstić information content (AvgIpc) is 2.74. The van der Waals surface area contributed by atoms with Gasteiger partial charge >= 0.3 is 0 Å². The molecular weight excluding hydrogens is 368 g/mol. The Bertz CT molecular complexity index is 944. The number of carbonyl (C=O) groups excluding carboxylic acids is 1. The summed E-state index contributed by atoms with van der Waals surface area (Å²) in [5.41, 5.74) is 5.14. The summed E-state index contributed by atoms with van der Waals surface area (Å²) >= 11 is 1.50. The second-order valence-corrected chi connectivity index (χ2v) is 7.38. The fourth-order valence-corrected chi connectivity index (χ4v) is 3.55. The molecule has 1 atom stereocenters. The third-order valence-corrected chi connectivity index (χ3v) is 5.28. The average molecular weight is 393 g/mol. The topological polar surface area (TPSA) is 61.4 Å². The molecule has 0 aliphatic heterocycles. The van der Waals surface area contributed by atoms with Crippen molar-refractivity contribution in [3.63, 3.8) is 0 Å². The molecule has 0 radical (unpaired) electrons. The van der Waals surface area contributed by atoms with Gasteiger partial charge in [0.15, 0.2) is 0 Å². The summed E-state index contributed by atoms with van der Waals surface area (Å²) < 4.78 is 0. The van der Waals surface area contributed by atoms with Crippen molar-refractivity contribution in [2.45, 2.75) is 19.0 Å². The van der Waals surface area contributed by atoms with Gasteiger partial charge in [0.2, 0.25) is 0 Å². The van der Waals surface area contributed by atoms with Gasteiger partial charge in [0, 0.05) is 11.3 Å². The first kappa shape index (κ1) is 20.0. The van der Waals surface area contributed by atoms with E-state index in [1.165, 1.54) is 11.8 Å². The summed E-state index contributed by atoms with van der Waals surface area (Å²) in [6.45, 7) is 1.96. The lowest BCUT2D eigenvalue weighted by atomic mass is 9.96. The van der Waals surface area contributed by atoms with Crippen LogP contribution >= 0.6 is 11.8 Å². The molecule has 0 fully saturated rings. The molecule has 28 heavy (non-hydrogen) atoms. The zero-order valence-electron chi connectivity index (χ0n) is 16.0. The quantitative estimate of drug-likeness (QED) is 0.513. The maximum atomic E-state index is 12.9. The van der Waals surface area contributed by atoms with Crippen molar-refractivity contribution >= 4 is 23.4 Å². The van der Waals surface area contributed by atoms with Crippen LogP contribution < -0.4 is 10.6 Å². The van der Waals surface area contributed by atoms with E-state index in [0.717, 1.165) is 27.9 Å². The molecule has 0 aliphatic rings. The van der Waals surface area contributed by atoms with Crippen LogP contribution in [0.1, 0.15) is 21.5 Å². The SMILES string of the molecule is CSC(NC(=O)c1cccc(-c2ccccc2)c1C)Nc1cccc(CO)c1. The number of aliphatic hydroxyl groups excluding tert-OH is 1. The van der Waals surface area contributed by atoms with E-state index in [-0.39, 0.29) is 18.0 Å². The maximum absolute atomic E-state index is 12.9. The van der Waals surface area contributed by atoms with E-state index >= 15 is 0 Å². The molecule has 0 aromatic heterocycles. The van der Waals surface area contributed by atoms with E-state index in [9.17, 15) is 9.90 Å². The molecule has 3 N–H and O–H groups in total. The van der Waals surface area contributed by atoms with Crippen molar-refractivity contribution in [3.05, 3.63) is 89.5 Å². The molecule has 3 aromatic rings. The summed E-state index contributed by atoms with van der Waals surface area (Å²) in [5, 5.41) is 15.6. The summed E-state index contributed by atoms with van der Waals surface area (Å²) in [5.74, 6) is -0.125. The minimum absolute atomic E-state index is 0.0166. The van der Waals surface area contributed by atoms with Crippen LogP contribution in [0.5, 0.6) is 0 Å². The van der Waals surface area contributed by atoms with Gasteiger partial charge in [-0.3, -0.25) is 4.79 Å². The predicted octanol–water partition coefficient (Wildman–Crippen LogP) is 4.64. The number of nitrogens with one attached hydrogen (secondary N) is 2. The normalized spacial score (nSPS) is 11.7. The van der Waals surface area contributed by atoms with Gasteiger partial charge in [0.05, 0.1) is 6.61 Å². The molecule has 0 bridgehead atoms. The van der Waals surface area contributed by atoms with Crippen LogP contribution in [0.15, 0.2) is 72.8 Å². The van der Waals surface area contributed by atoms with E-state index in [1.807, 2.05) is 86.0 Å². The largest absolute Gasteiger partial charge is 0.392 e. The Kier molecular flexibility index (Phi) is 6.74. The number of thioether (sulfide) groups is 1. The van der Waals surface area contributed by atoms with Crippen LogP contribution in [0.25, 0.3) is 11.1 Å². The van der Waals surface area contributed by atoms with Crippen LogP contribution in [-0.2, 0) is 6.61 Å². The second kappa shape index (κ2) is 9.44. The van der Waals surface area contributed by atoms with Gasteiger partial charge < -0.3 is 15.7 Å². The van der Waals surface area contributed by atoms with Crippen molar-refractivity contribution in [1.29, 1.82) is 0 Å². The molecule has 0 aliphatic carbocycles. The van der Waals surface area contributed by atoms with E-state index in [1.54, 1.807) is 0 Å². The maximum Gasteiger partial charge on any atom is 0.253 e. The number of anilines is 1. The molecule has 0 spiro atoms. The third-order valence-electron chi connectivity index (χ3n) is 4.57. The Morgan fingerprint density at radius 3 is 2.50 bits per heavy atom. The van der Waals surface area contributed by atoms with Crippen LogP contribution in [0.4, 0.5) is 5.69 Å². The number of amides is 1. The molecule has 0 heterocycles. The van der Waals surface area contributed by atoms with Crippen molar-refractivity contribution in [1.82, 2.24) is 5.32 Å². The number of hydrogen-bond donors (Lipinski definition) is 3. The molecular formula is C23H24N2O2S. The number of rotatable bonds is 7. The lowest BCUT2D eigenvalue weighted by molar-refractivity contribution is 0.0952. The van der Waals surface area contributed by atoms with Crippen molar-refractivity contribution in [2.24, 2.45) is 0 Å². The Labute approximate surface area is 170 Å². The fraction of sp³-hybridized carbons (Fsp3) is 0.174. The predicted molar refractivity (Wildman–Crippen MR) is 117 cm³/mol. The molecule has 0 saturated carbocycles. The molecule has 0 saturated heterocycles. The first-order valence-corrected chi connectivity index (χ1v) is 10.4. The molecule has 4 nitrogen and oxygen atoms in total. The Balaban J connectivity index is 1.78. The first-order valence-electron chi connectivity index (χ1n) is 9.07. The Morgan fingerprint density at radius 1 is 1.04 bits per heavy atom. The summed E-state index contributed by atoms with van der Waals surface area (Å²) in [6.07, 6.45) is 1.93. The van der Waals surface area contributed by atoms with Crippen LogP contribution in [-0.4, -0.2) is 22.8 Å². The van der Waals surface area contributed by atoms with Crippen LogP contribution in [0, 0.1) is 6.92 Å². The lowest BCUT2D eigenvalue weighted by Crippen LogP contribution is -2.38. The molecule has 3 aromatic carbocycles. The first-order chi connectivity index (χ1) is 13.6. The van der Waals surface area contributed by atoms with E-state index in [4.69, 9.17) is 0 Å². The van der Waals surface area contributed by atoms with Crippen LogP contribution in [0.2, 0.25) is 0 Å². The van der Waals surface area contributed by atoms with Gasteiger partial charge in [-0.25, -0.2) is 0 Å². The molecule has 144 valence electrons. The number of aliphatic hydroxyl groups is 1. The third kappa shape index (κ3) is 4.74. The zero-order valence-corrected chi connectivity index (χ0v) is 16.8. The number of benzene rings is 3. The smallest absolute Gasteiger partial charge is 0.253 e. The Hall–Kier alpha value is -2.76. The summed E-state index contributed by atoms with van der Waals surface area (Å²) in [6, 6.07) is 23.4. The van der Waals surface area contributed by atoms with Gasteiger partial charge in [-0.05, 0) is 53.6 Å². The van der Waals surface area contributed by atoms with Crippen LogP contribution in [0.3, 0.4) is 0 Å². The van der Waals surface area contributed by atoms with Crippen molar-refractivity contribution < 1.29 is 9.90 Å². The Morgan fingerprint density at radius 2 is 1.79 bits per heavy atom. The molecule has 1 unspecified atom stereocenters. The highest BCUT2D eigenvalue weighted by Gasteiger charge is 2.16. The van der Waals surface area contributed by atoms with Crippen molar-refractivity contribution in [3.8, 4) is 11.1 Å². The second-order valence-electron chi connectivity index (χ2n) is 6.44. The highest BCUT2D eigenvalue weighted by Crippen LogP contribution is 2.26. The minimum Gasteiger partial charge on any atom is -0.392 e. The highest BCUT2D eigenvalue weighted by atomic mass is 32.2. The molecule has 5 heteroatoms. The highest BCUT2D eigenvalue weighted by molar-refractivity contribution is 7.99. The van der Waals surface area contributed by atoms with E-state index in [0.29, 0.717) is 5.56 Å². The van der Waals surface area contributed by atoms with Gasteiger partial charge in [0.1, 0.15) is 5.50 Å². The van der Waals surface area contributed by atoms with E-state index < -0.39 is 0 Å². The van der Waals surface area contributed by atoms with Gasteiger partial charge in [0.25, 0.3) is 5.91 Å². The standard InChI is InChI=1S/C23H24N2O2S/c1-16-20(18-9-4-3-5-10-18)12-7-13-21(16)22(27)25-23(28-2)24-19-11-6-8-17(14-19)15-26/h3-14,23-24,26H,15H2,1-2H3,(H,25,27). The monoisotopic (exact) mass is 392 g/mol. The zero-order chi connectivity index (χ0) is 19.9.